The Morgan fingerprint density at radius 3 is 2.50 bits per heavy atom. The summed E-state index contributed by atoms with van der Waals surface area (Å²) in [6, 6.07) is 5.42. The van der Waals surface area contributed by atoms with Gasteiger partial charge in [-0.25, -0.2) is 4.98 Å². The monoisotopic (exact) mass is 352 g/mol. The first kappa shape index (κ1) is 17.4. The molecule has 1 saturated carbocycles. The second kappa shape index (κ2) is 8.12. The molecule has 26 heavy (non-hydrogen) atoms. The Morgan fingerprint density at radius 1 is 1.04 bits per heavy atom. The van der Waals surface area contributed by atoms with Crippen LogP contribution < -0.4 is 5.56 Å². The van der Waals surface area contributed by atoms with Crippen molar-refractivity contribution in [2.24, 2.45) is 11.8 Å². The van der Waals surface area contributed by atoms with Gasteiger partial charge in [-0.05, 0) is 62.7 Å². The van der Waals surface area contributed by atoms with Gasteiger partial charge in [-0.2, -0.15) is 0 Å². The number of pyridine rings is 1. The molecule has 0 N–H and O–H groups in total. The van der Waals surface area contributed by atoms with Crippen LogP contribution in [0.3, 0.4) is 0 Å². The van der Waals surface area contributed by atoms with Gasteiger partial charge in [0, 0.05) is 37.1 Å². The average Bonchev–Trinajstić information content (AvgIpc) is 3.19. The minimum Gasteiger partial charge on any atom is -0.303 e. The lowest BCUT2D eigenvalue weighted by atomic mass is 9.95. The Hall–Kier alpha value is -2.01. The molecule has 0 unspecified atom stereocenters. The molecule has 2 aliphatic rings. The zero-order valence-electron chi connectivity index (χ0n) is 15.4. The van der Waals surface area contributed by atoms with Crippen LogP contribution in [-0.4, -0.2) is 39.1 Å². The van der Waals surface area contributed by atoms with Gasteiger partial charge in [-0.1, -0.05) is 12.8 Å². The third-order valence-corrected chi connectivity index (χ3v) is 5.99. The second-order valence-corrected chi connectivity index (χ2v) is 7.90. The highest BCUT2D eigenvalue weighted by Crippen LogP contribution is 2.27. The maximum Gasteiger partial charge on any atom is 0.253 e. The van der Waals surface area contributed by atoms with Gasteiger partial charge in [-0.15, -0.1) is 0 Å². The molecule has 0 amide bonds. The molecule has 1 aliphatic heterocycles. The summed E-state index contributed by atoms with van der Waals surface area (Å²) in [6.07, 6.45) is 13.2. The van der Waals surface area contributed by atoms with Crippen LogP contribution in [0.25, 0.3) is 11.3 Å². The van der Waals surface area contributed by atoms with Crippen LogP contribution in [0.15, 0.2) is 41.7 Å². The van der Waals surface area contributed by atoms with E-state index in [1.165, 1.54) is 58.2 Å². The van der Waals surface area contributed by atoms with Gasteiger partial charge in [0.05, 0.1) is 12.0 Å². The van der Waals surface area contributed by atoms with Crippen LogP contribution in [0.2, 0.25) is 0 Å². The van der Waals surface area contributed by atoms with Gasteiger partial charge in [0.15, 0.2) is 0 Å². The summed E-state index contributed by atoms with van der Waals surface area (Å²) >= 11 is 0. The lowest BCUT2D eigenvalue weighted by molar-refractivity contribution is 0.152. The molecule has 4 rings (SSSR count). The maximum atomic E-state index is 12.5. The van der Waals surface area contributed by atoms with Crippen molar-refractivity contribution in [1.82, 2.24) is 19.4 Å². The standard InChI is InChI=1S/C21H28N4O/c26-21-12-20(19-6-3-9-22-13-19)23-16-25(21)15-18-7-10-24(11-8-18)14-17-4-1-2-5-17/h3,6,9,12-13,16-18H,1-2,4-5,7-8,10-11,14-15H2. The summed E-state index contributed by atoms with van der Waals surface area (Å²) in [6.45, 7) is 4.43. The average molecular weight is 352 g/mol. The number of hydrogen-bond donors (Lipinski definition) is 0. The highest BCUT2D eigenvalue weighted by Gasteiger charge is 2.23. The van der Waals surface area contributed by atoms with E-state index in [2.05, 4.69) is 14.9 Å². The Kier molecular flexibility index (Phi) is 5.44. The molecule has 2 fully saturated rings. The molecule has 3 heterocycles. The van der Waals surface area contributed by atoms with Crippen LogP contribution in [0.4, 0.5) is 0 Å². The molecule has 0 radical (unpaired) electrons. The Balaban J connectivity index is 1.32. The van der Waals surface area contributed by atoms with Crippen LogP contribution in [-0.2, 0) is 6.54 Å². The molecule has 5 nitrogen and oxygen atoms in total. The van der Waals surface area contributed by atoms with E-state index >= 15 is 0 Å². The quantitative estimate of drug-likeness (QED) is 0.829. The predicted molar refractivity (Wildman–Crippen MR) is 103 cm³/mol. The van der Waals surface area contributed by atoms with Crippen molar-refractivity contribution in [1.29, 1.82) is 0 Å². The molecule has 5 heteroatoms. The van der Waals surface area contributed by atoms with Crippen molar-refractivity contribution in [3.63, 3.8) is 0 Å². The van der Waals surface area contributed by atoms with Gasteiger partial charge in [-0.3, -0.25) is 14.3 Å². The first-order valence-corrected chi connectivity index (χ1v) is 9.97. The topological polar surface area (TPSA) is 51.0 Å². The van der Waals surface area contributed by atoms with Crippen molar-refractivity contribution < 1.29 is 0 Å². The molecule has 138 valence electrons. The molecule has 0 bridgehead atoms. The summed E-state index contributed by atoms with van der Waals surface area (Å²) < 4.78 is 1.77. The van der Waals surface area contributed by atoms with E-state index in [0.717, 1.165) is 18.0 Å². The molecule has 0 aromatic carbocycles. The number of likely N-dealkylation sites (tertiary alicyclic amines) is 1. The van der Waals surface area contributed by atoms with Crippen LogP contribution in [0, 0.1) is 11.8 Å². The second-order valence-electron chi connectivity index (χ2n) is 7.90. The van der Waals surface area contributed by atoms with Crippen LogP contribution >= 0.6 is 0 Å². The molecular weight excluding hydrogens is 324 g/mol. The van der Waals surface area contributed by atoms with Gasteiger partial charge in [0.25, 0.3) is 5.56 Å². The normalized spacial score (nSPS) is 19.8. The van der Waals surface area contributed by atoms with E-state index in [9.17, 15) is 4.79 Å². The molecule has 1 saturated heterocycles. The van der Waals surface area contributed by atoms with Crippen molar-refractivity contribution >= 4 is 0 Å². The largest absolute Gasteiger partial charge is 0.303 e. The predicted octanol–water partition coefficient (Wildman–Crippen LogP) is 3.21. The SMILES string of the molecule is O=c1cc(-c2cccnc2)ncn1CC1CCN(CC2CCCC2)CC1. The van der Waals surface area contributed by atoms with Gasteiger partial charge in [0.1, 0.15) is 0 Å². The van der Waals surface area contributed by atoms with E-state index < -0.39 is 0 Å². The summed E-state index contributed by atoms with van der Waals surface area (Å²) in [5, 5.41) is 0. The van der Waals surface area contributed by atoms with E-state index in [4.69, 9.17) is 0 Å². The number of hydrogen-bond acceptors (Lipinski definition) is 4. The third-order valence-electron chi connectivity index (χ3n) is 5.99. The molecule has 2 aromatic rings. The molecular formula is C21H28N4O. The third kappa shape index (κ3) is 4.21. The van der Waals surface area contributed by atoms with E-state index in [0.29, 0.717) is 11.6 Å². The molecule has 0 spiro atoms. The van der Waals surface area contributed by atoms with E-state index in [1.807, 2.05) is 12.1 Å². The van der Waals surface area contributed by atoms with E-state index in [1.54, 1.807) is 29.4 Å². The highest BCUT2D eigenvalue weighted by molar-refractivity contribution is 5.56. The minimum absolute atomic E-state index is 0.0345. The summed E-state index contributed by atoms with van der Waals surface area (Å²) in [5.41, 5.74) is 1.62. The first-order valence-electron chi connectivity index (χ1n) is 9.97. The fourth-order valence-electron chi connectivity index (χ4n) is 4.42. The lowest BCUT2D eigenvalue weighted by Crippen LogP contribution is -2.38. The van der Waals surface area contributed by atoms with Gasteiger partial charge in [0.2, 0.25) is 0 Å². The smallest absolute Gasteiger partial charge is 0.253 e. The van der Waals surface area contributed by atoms with Gasteiger partial charge >= 0.3 is 0 Å². The van der Waals surface area contributed by atoms with E-state index in [-0.39, 0.29) is 5.56 Å². The van der Waals surface area contributed by atoms with Crippen molar-refractivity contribution in [2.45, 2.75) is 45.1 Å². The Labute approximate surface area is 155 Å². The fraction of sp³-hybridized carbons (Fsp3) is 0.571. The summed E-state index contributed by atoms with van der Waals surface area (Å²) in [5.74, 6) is 1.51. The van der Waals surface area contributed by atoms with Crippen LogP contribution in [0.1, 0.15) is 38.5 Å². The van der Waals surface area contributed by atoms with Gasteiger partial charge < -0.3 is 4.90 Å². The number of piperidine rings is 1. The molecule has 1 aliphatic carbocycles. The zero-order chi connectivity index (χ0) is 17.8. The highest BCUT2D eigenvalue weighted by atomic mass is 16.1. The summed E-state index contributed by atoms with van der Waals surface area (Å²) in [4.78, 5) is 23.7. The van der Waals surface area contributed by atoms with Crippen molar-refractivity contribution in [3.8, 4) is 11.3 Å². The fourth-order valence-corrected chi connectivity index (χ4v) is 4.42. The molecule has 0 atom stereocenters. The maximum absolute atomic E-state index is 12.5. The lowest BCUT2D eigenvalue weighted by Gasteiger charge is -2.33. The number of rotatable bonds is 5. The zero-order valence-corrected chi connectivity index (χ0v) is 15.4. The summed E-state index contributed by atoms with van der Waals surface area (Å²) in [7, 11) is 0. The number of aromatic nitrogens is 3. The van der Waals surface area contributed by atoms with Crippen LogP contribution in [0.5, 0.6) is 0 Å². The Bertz CT molecular complexity index is 759. The molecule has 2 aromatic heterocycles. The van der Waals surface area contributed by atoms with Crippen molar-refractivity contribution in [2.75, 3.05) is 19.6 Å². The Morgan fingerprint density at radius 2 is 1.81 bits per heavy atom. The minimum atomic E-state index is 0.0345. The first-order chi connectivity index (χ1) is 12.8. The van der Waals surface area contributed by atoms with Crippen molar-refractivity contribution in [3.05, 3.63) is 47.3 Å². The number of nitrogens with zero attached hydrogens (tertiary/aromatic N) is 4.